The minimum absolute atomic E-state index is 0.476. The van der Waals surface area contributed by atoms with Crippen LogP contribution < -0.4 is 10.6 Å². The van der Waals surface area contributed by atoms with E-state index in [1.807, 2.05) is 0 Å². The van der Waals surface area contributed by atoms with E-state index >= 15 is 0 Å². The van der Waals surface area contributed by atoms with Crippen molar-refractivity contribution in [2.75, 3.05) is 0 Å². The lowest BCUT2D eigenvalue weighted by Gasteiger charge is -2.31. The molecule has 1 aliphatic rings. The van der Waals surface area contributed by atoms with Gasteiger partial charge in [0, 0.05) is 12.1 Å². The third-order valence-electron chi connectivity index (χ3n) is 3.42. The Morgan fingerprint density at radius 1 is 1.40 bits per heavy atom. The molecule has 0 heterocycles. The molecular weight excluding hydrogens is 204 g/mol. The Morgan fingerprint density at radius 2 is 2.07 bits per heavy atom. The largest absolute Gasteiger partial charge is 0.360 e. The van der Waals surface area contributed by atoms with E-state index in [1.54, 1.807) is 0 Å². The van der Waals surface area contributed by atoms with Crippen LogP contribution in [0.25, 0.3) is 0 Å². The van der Waals surface area contributed by atoms with E-state index in [0.717, 1.165) is 17.5 Å². The third-order valence-corrected chi connectivity index (χ3v) is 3.65. The summed E-state index contributed by atoms with van der Waals surface area (Å²) in [5.41, 5.74) is 0. The van der Waals surface area contributed by atoms with E-state index in [1.165, 1.54) is 25.7 Å². The zero-order valence-electron chi connectivity index (χ0n) is 10.2. The Balaban J connectivity index is 2.29. The molecule has 0 radical (unpaired) electrons. The van der Waals surface area contributed by atoms with Gasteiger partial charge in [-0.05, 0) is 44.3 Å². The maximum absolute atomic E-state index is 5.31. The van der Waals surface area contributed by atoms with Crippen LogP contribution in [0, 0.1) is 5.92 Å². The second-order valence-electron chi connectivity index (χ2n) is 4.80. The minimum atomic E-state index is 0.476. The Morgan fingerprint density at radius 3 is 2.67 bits per heavy atom. The normalized spacial score (nSPS) is 28.2. The van der Waals surface area contributed by atoms with Gasteiger partial charge in [0.1, 0.15) is 0 Å². The summed E-state index contributed by atoms with van der Waals surface area (Å²) in [5.74, 6) is 0.760. The number of thiocarbonyl (C=S) groups is 1. The average molecular weight is 228 g/mol. The molecule has 88 valence electrons. The SMILES string of the molecule is CC[C@@H](C)NC(=S)N[C@H]1CCCC[C@@H]1C. The van der Waals surface area contributed by atoms with Crippen molar-refractivity contribution < 1.29 is 0 Å². The average Bonchev–Trinajstić information content (AvgIpc) is 2.21. The van der Waals surface area contributed by atoms with Gasteiger partial charge in [0.05, 0.1) is 0 Å². The first-order valence-corrected chi connectivity index (χ1v) is 6.61. The van der Waals surface area contributed by atoms with Gasteiger partial charge in [0.15, 0.2) is 5.11 Å². The summed E-state index contributed by atoms with van der Waals surface area (Å²) in [4.78, 5) is 0. The maximum Gasteiger partial charge on any atom is 0.166 e. The highest BCUT2D eigenvalue weighted by molar-refractivity contribution is 7.80. The third kappa shape index (κ3) is 4.37. The predicted octanol–water partition coefficient (Wildman–Crippen LogP) is 2.83. The van der Waals surface area contributed by atoms with Crippen molar-refractivity contribution in [3.8, 4) is 0 Å². The maximum atomic E-state index is 5.31. The van der Waals surface area contributed by atoms with Crippen LogP contribution in [0.5, 0.6) is 0 Å². The molecule has 2 N–H and O–H groups in total. The topological polar surface area (TPSA) is 24.1 Å². The van der Waals surface area contributed by atoms with Gasteiger partial charge >= 0.3 is 0 Å². The zero-order valence-corrected chi connectivity index (χ0v) is 11.0. The summed E-state index contributed by atoms with van der Waals surface area (Å²) in [7, 11) is 0. The molecule has 3 heteroatoms. The van der Waals surface area contributed by atoms with Crippen LogP contribution in [0.4, 0.5) is 0 Å². The summed E-state index contributed by atoms with van der Waals surface area (Å²) in [5, 5.41) is 7.61. The number of hydrogen-bond acceptors (Lipinski definition) is 1. The van der Waals surface area contributed by atoms with E-state index in [-0.39, 0.29) is 0 Å². The fraction of sp³-hybridized carbons (Fsp3) is 0.917. The lowest BCUT2D eigenvalue weighted by Crippen LogP contribution is -2.48. The van der Waals surface area contributed by atoms with E-state index in [9.17, 15) is 0 Å². The molecule has 0 aromatic heterocycles. The van der Waals surface area contributed by atoms with Gasteiger partial charge in [-0.2, -0.15) is 0 Å². The highest BCUT2D eigenvalue weighted by atomic mass is 32.1. The molecule has 0 bridgehead atoms. The Bertz CT molecular complexity index is 206. The second kappa shape index (κ2) is 6.31. The fourth-order valence-corrected chi connectivity index (χ4v) is 2.42. The quantitative estimate of drug-likeness (QED) is 0.726. The molecule has 3 atom stereocenters. The van der Waals surface area contributed by atoms with Crippen LogP contribution in [0.15, 0.2) is 0 Å². The van der Waals surface area contributed by atoms with Gasteiger partial charge in [-0.3, -0.25) is 0 Å². The van der Waals surface area contributed by atoms with Crippen molar-refractivity contribution in [3.05, 3.63) is 0 Å². The summed E-state index contributed by atoms with van der Waals surface area (Å²) >= 11 is 5.31. The molecule has 1 rings (SSSR count). The van der Waals surface area contributed by atoms with Crippen LogP contribution in [0.2, 0.25) is 0 Å². The summed E-state index contributed by atoms with van der Waals surface area (Å²) in [6, 6.07) is 1.06. The molecule has 0 spiro atoms. The highest BCUT2D eigenvalue weighted by Crippen LogP contribution is 2.23. The molecule has 0 aromatic carbocycles. The Kier molecular flexibility index (Phi) is 5.37. The van der Waals surface area contributed by atoms with E-state index in [0.29, 0.717) is 12.1 Å². The molecule has 0 unspecified atom stereocenters. The van der Waals surface area contributed by atoms with E-state index < -0.39 is 0 Å². The standard InChI is InChI=1S/C12H24N2S/c1-4-10(3)13-12(15)14-11-8-6-5-7-9(11)2/h9-11H,4-8H2,1-3H3,(H2,13,14,15)/t9-,10+,11-/m0/s1. The first kappa shape index (κ1) is 12.8. The molecule has 0 aliphatic heterocycles. The first-order chi connectivity index (χ1) is 7.13. The summed E-state index contributed by atoms with van der Waals surface area (Å²) < 4.78 is 0. The van der Waals surface area contributed by atoms with E-state index in [2.05, 4.69) is 31.4 Å². The van der Waals surface area contributed by atoms with Gasteiger partial charge in [0.2, 0.25) is 0 Å². The molecule has 0 saturated heterocycles. The van der Waals surface area contributed by atoms with Crippen molar-refractivity contribution >= 4 is 17.3 Å². The van der Waals surface area contributed by atoms with Gasteiger partial charge in [-0.15, -0.1) is 0 Å². The van der Waals surface area contributed by atoms with Gasteiger partial charge < -0.3 is 10.6 Å². The molecule has 0 amide bonds. The van der Waals surface area contributed by atoms with Gasteiger partial charge in [-0.25, -0.2) is 0 Å². The van der Waals surface area contributed by atoms with Gasteiger partial charge in [0.25, 0.3) is 0 Å². The monoisotopic (exact) mass is 228 g/mol. The molecule has 1 saturated carbocycles. The molecule has 2 nitrogen and oxygen atoms in total. The van der Waals surface area contributed by atoms with Crippen molar-refractivity contribution in [1.29, 1.82) is 0 Å². The lowest BCUT2D eigenvalue weighted by molar-refractivity contribution is 0.307. The molecule has 1 fully saturated rings. The van der Waals surface area contributed by atoms with Gasteiger partial charge in [-0.1, -0.05) is 26.7 Å². The summed E-state index contributed by atoms with van der Waals surface area (Å²) in [6.07, 6.45) is 6.44. The Hall–Kier alpha value is -0.310. The lowest BCUT2D eigenvalue weighted by atomic mass is 9.86. The van der Waals surface area contributed by atoms with Crippen LogP contribution >= 0.6 is 12.2 Å². The van der Waals surface area contributed by atoms with Crippen molar-refractivity contribution in [2.45, 2.75) is 65.0 Å². The smallest absolute Gasteiger partial charge is 0.166 e. The van der Waals surface area contributed by atoms with Crippen LogP contribution in [-0.4, -0.2) is 17.2 Å². The van der Waals surface area contributed by atoms with Crippen molar-refractivity contribution in [3.63, 3.8) is 0 Å². The van der Waals surface area contributed by atoms with Crippen molar-refractivity contribution in [1.82, 2.24) is 10.6 Å². The molecule has 0 aromatic rings. The Labute approximate surface area is 99.2 Å². The van der Waals surface area contributed by atoms with Crippen LogP contribution in [-0.2, 0) is 0 Å². The van der Waals surface area contributed by atoms with E-state index in [4.69, 9.17) is 12.2 Å². The second-order valence-corrected chi connectivity index (χ2v) is 5.20. The highest BCUT2D eigenvalue weighted by Gasteiger charge is 2.21. The minimum Gasteiger partial charge on any atom is -0.360 e. The molecule has 1 aliphatic carbocycles. The van der Waals surface area contributed by atoms with Crippen molar-refractivity contribution in [2.24, 2.45) is 5.92 Å². The molecular formula is C12H24N2S. The zero-order chi connectivity index (χ0) is 11.3. The molecule has 15 heavy (non-hydrogen) atoms. The predicted molar refractivity (Wildman–Crippen MR) is 70.0 cm³/mol. The van der Waals surface area contributed by atoms with Crippen LogP contribution in [0.1, 0.15) is 52.9 Å². The number of nitrogens with one attached hydrogen (secondary N) is 2. The number of rotatable bonds is 3. The fourth-order valence-electron chi connectivity index (χ4n) is 2.07. The van der Waals surface area contributed by atoms with Crippen LogP contribution in [0.3, 0.4) is 0 Å². The summed E-state index contributed by atoms with van der Waals surface area (Å²) in [6.45, 7) is 6.66. The first-order valence-electron chi connectivity index (χ1n) is 6.20. The number of hydrogen-bond donors (Lipinski definition) is 2.